The van der Waals surface area contributed by atoms with Crippen molar-refractivity contribution in [2.24, 2.45) is 4.99 Å². The zero-order valence-corrected chi connectivity index (χ0v) is 15.2. The summed E-state index contributed by atoms with van der Waals surface area (Å²) in [5.41, 5.74) is 2.48. The van der Waals surface area contributed by atoms with Crippen LogP contribution >= 0.6 is 0 Å². The Morgan fingerprint density at radius 2 is 1.88 bits per heavy atom. The second kappa shape index (κ2) is 7.54. The Bertz CT molecular complexity index is 935. The van der Waals surface area contributed by atoms with Gasteiger partial charge in [0.25, 0.3) is 0 Å². The number of fused-ring (bicyclic) bond motifs is 1. The lowest BCUT2D eigenvalue weighted by atomic mass is 10.0. The number of ether oxygens (including phenoxy) is 1. The Balaban J connectivity index is 1.98. The minimum absolute atomic E-state index is 0.318. The molecule has 1 heterocycles. The number of hydrogen-bond donors (Lipinski definition) is 2. The van der Waals surface area contributed by atoms with Crippen LogP contribution in [0.1, 0.15) is 32.8 Å². The normalized spacial score (nSPS) is 12.2. The van der Waals surface area contributed by atoms with Gasteiger partial charge in [0, 0.05) is 6.20 Å². The van der Waals surface area contributed by atoms with Gasteiger partial charge >= 0.3 is 0 Å². The van der Waals surface area contributed by atoms with E-state index in [1.807, 2.05) is 63.2 Å². The quantitative estimate of drug-likeness (QED) is 0.389. The number of rotatable bonds is 5. The molecule has 134 valence electrons. The zero-order chi connectivity index (χ0) is 18.6. The predicted molar refractivity (Wildman–Crippen MR) is 104 cm³/mol. The van der Waals surface area contributed by atoms with Crippen molar-refractivity contribution >= 4 is 16.6 Å². The summed E-state index contributed by atoms with van der Waals surface area (Å²) in [5, 5.41) is 11.8. The van der Waals surface area contributed by atoms with E-state index in [1.54, 1.807) is 12.3 Å². The van der Waals surface area contributed by atoms with Gasteiger partial charge in [-0.1, -0.05) is 37.3 Å². The van der Waals surface area contributed by atoms with Gasteiger partial charge in [0.15, 0.2) is 5.84 Å². The summed E-state index contributed by atoms with van der Waals surface area (Å²) in [5.74, 6) is 1.39. The fourth-order valence-electron chi connectivity index (χ4n) is 2.52. The fourth-order valence-corrected chi connectivity index (χ4v) is 2.52. The van der Waals surface area contributed by atoms with E-state index in [-0.39, 0.29) is 5.54 Å². The van der Waals surface area contributed by atoms with E-state index in [4.69, 9.17) is 4.74 Å². The van der Waals surface area contributed by atoms with Crippen LogP contribution in [0.5, 0.6) is 11.6 Å². The number of aromatic nitrogens is 1. The third kappa shape index (κ3) is 4.00. The zero-order valence-electron chi connectivity index (χ0n) is 15.2. The standard InChI is InChI=1S/C21H23N3O2/c1-4-21(2,3)23-19(24-25)18-10-7-13-22-20(18)26-17-12-11-15-8-5-6-9-16(15)14-17/h5-14,25H,4H2,1-3H3,(H,23,24). The maximum absolute atomic E-state index is 9.61. The molecule has 0 bridgehead atoms. The van der Waals surface area contributed by atoms with E-state index >= 15 is 0 Å². The molecule has 0 amide bonds. The first-order valence-corrected chi connectivity index (χ1v) is 8.64. The molecule has 2 N–H and O–H groups in total. The van der Waals surface area contributed by atoms with Crippen molar-refractivity contribution in [1.82, 2.24) is 10.5 Å². The van der Waals surface area contributed by atoms with Crippen LogP contribution < -0.4 is 10.2 Å². The molecule has 0 radical (unpaired) electrons. The van der Waals surface area contributed by atoms with Crippen molar-refractivity contribution < 1.29 is 9.94 Å². The molecule has 5 nitrogen and oxygen atoms in total. The lowest BCUT2D eigenvalue weighted by Gasteiger charge is -2.20. The molecule has 3 rings (SSSR count). The van der Waals surface area contributed by atoms with Gasteiger partial charge < -0.3 is 4.74 Å². The van der Waals surface area contributed by atoms with Crippen LogP contribution in [-0.4, -0.2) is 21.6 Å². The molecule has 0 atom stereocenters. The van der Waals surface area contributed by atoms with Gasteiger partial charge in [0.05, 0.1) is 11.1 Å². The van der Waals surface area contributed by atoms with Gasteiger partial charge in [0.2, 0.25) is 5.88 Å². The van der Waals surface area contributed by atoms with Gasteiger partial charge in [-0.05, 0) is 55.3 Å². The first kappa shape index (κ1) is 17.9. The van der Waals surface area contributed by atoms with Crippen molar-refractivity contribution in [3.63, 3.8) is 0 Å². The first-order valence-electron chi connectivity index (χ1n) is 8.64. The molecular formula is C21H23N3O2. The van der Waals surface area contributed by atoms with Crippen LogP contribution in [0.2, 0.25) is 0 Å². The molecule has 0 aliphatic rings. The average Bonchev–Trinajstić information content (AvgIpc) is 2.67. The molecule has 3 aromatic rings. The number of hydrogen-bond acceptors (Lipinski definition) is 4. The summed E-state index contributed by atoms with van der Waals surface area (Å²) < 4.78 is 6.01. The molecule has 5 heteroatoms. The van der Waals surface area contributed by atoms with Gasteiger partial charge in [-0.2, -0.15) is 0 Å². The van der Waals surface area contributed by atoms with E-state index < -0.39 is 0 Å². The Labute approximate surface area is 153 Å². The molecule has 0 spiro atoms. The Morgan fingerprint density at radius 1 is 1.12 bits per heavy atom. The second-order valence-corrected chi connectivity index (χ2v) is 6.71. The van der Waals surface area contributed by atoms with Crippen molar-refractivity contribution in [2.45, 2.75) is 32.7 Å². The minimum Gasteiger partial charge on any atom is -0.438 e. The van der Waals surface area contributed by atoms with Crippen LogP contribution in [0.25, 0.3) is 10.8 Å². The molecule has 0 saturated heterocycles. The van der Waals surface area contributed by atoms with Crippen LogP contribution in [0.3, 0.4) is 0 Å². The Hall–Kier alpha value is -2.92. The van der Waals surface area contributed by atoms with E-state index in [1.165, 1.54) is 0 Å². The largest absolute Gasteiger partial charge is 0.438 e. The van der Waals surface area contributed by atoms with Crippen molar-refractivity contribution in [3.8, 4) is 11.6 Å². The highest BCUT2D eigenvalue weighted by Gasteiger charge is 2.18. The van der Waals surface area contributed by atoms with Crippen LogP contribution in [0.4, 0.5) is 0 Å². The lowest BCUT2D eigenvalue weighted by molar-refractivity contribution is 0.232. The lowest BCUT2D eigenvalue weighted by Crippen LogP contribution is -2.27. The highest BCUT2D eigenvalue weighted by molar-refractivity contribution is 6.00. The molecular weight excluding hydrogens is 326 g/mol. The number of aliphatic imine (C=N–C) groups is 1. The third-order valence-electron chi connectivity index (χ3n) is 4.35. The smallest absolute Gasteiger partial charge is 0.230 e. The highest BCUT2D eigenvalue weighted by atomic mass is 16.5. The fraction of sp³-hybridized carbons (Fsp3) is 0.238. The maximum Gasteiger partial charge on any atom is 0.230 e. The molecule has 0 unspecified atom stereocenters. The summed E-state index contributed by atoms with van der Waals surface area (Å²) in [6.07, 6.45) is 2.49. The highest BCUT2D eigenvalue weighted by Crippen LogP contribution is 2.27. The van der Waals surface area contributed by atoms with Gasteiger partial charge in [-0.15, -0.1) is 0 Å². The van der Waals surface area contributed by atoms with Gasteiger partial charge in [0.1, 0.15) is 5.75 Å². The first-order chi connectivity index (χ1) is 12.5. The minimum atomic E-state index is -0.318. The number of amidine groups is 1. The molecule has 0 fully saturated rings. The molecule has 2 aromatic carbocycles. The average molecular weight is 349 g/mol. The SMILES string of the molecule is CCC(C)(C)N=C(NO)c1cccnc1Oc1ccc2ccccc2c1. The molecule has 0 aliphatic heterocycles. The van der Waals surface area contributed by atoms with E-state index in [0.717, 1.165) is 17.2 Å². The predicted octanol–water partition coefficient (Wildman–Crippen LogP) is 4.94. The molecule has 26 heavy (non-hydrogen) atoms. The van der Waals surface area contributed by atoms with Crippen molar-refractivity contribution in [2.75, 3.05) is 0 Å². The summed E-state index contributed by atoms with van der Waals surface area (Å²) in [6, 6.07) is 17.6. The number of nitrogens with zero attached hydrogens (tertiary/aromatic N) is 2. The number of hydroxylamine groups is 1. The van der Waals surface area contributed by atoms with E-state index in [9.17, 15) is 5.21 Å². The van der Waals surface area contributed by atoms with Crippen molar-refractivity contribution in [3.05, 3.63) is 66.4 Å². The van der Waals surface area contributed by atoms with E-state index in [2.05, 4.69) is 21.5 Å². The third-order valence-corrected chi connectivity index (χ3v) is 4.35. The topological polar surface area (TPSA) is 66.7 Å². The van der Waals surface area contributed by atoms with Gasteiger partial charge in [-0.3, -0.25) is 15.7 Å². The maximum atomic E-state index is 9.61. The molecule has 0 aliphatic carbocycles. The Morgan fingerprint density at radius 3 is 2.62 bits per heavy atom. The summed E-state index contributed by atoms with van der Waals surface area (Å²) in [6.45, 7) is 6.06. The number of benzene rings is 2. The van der Waals surface area contributed by atoms with E-state index in [0.29, 0.717) is 23.0 Å². The summed E-state index contributed by atoms with van der Waals surface area (Å²) in [7, 11) is 0. The number of pyridine rings is 1. The van der Waals surface area contributed by atoms with Gasteiger partial charge in [-0.25, -0.2) is 4.98 Å². The van der Waals surface area contributed by atoms with Crippen LogP contribution in [-0.2, 0) is 0 Å². The summed E-state index contributed by atoms with van der Waals surface area (Å²) >= 11 is 0. The number of nitrogens with one attached hydrogen (secondary N) is 1. The molecule has 0 saturated carbocycles. The monoisotopic (exact) mass is 349 g/mol. The van der Waals surface area contributed by atoms with Crippen LogP contribution in [0.15, 0.2) is 65.8 Å². The second-order valence-electron chi connectivity index (χ2n) is 6.71. The Kier molecular flexibility index (Phi) is 5.19. The molecule has 1 aromatic heterocycles. The van der Waals surface area contributed by atoms with Crippen molar-refractivity contribution in [1.29, 1.82) is 0 Å². The van der Waals surface area contributed by atoms with Crippen LogP contribution in [0, 0.1) is 0 Å². The summed E-state index contributed by atoms with van der Waals surface area (Å²) in [4.78, 5) is 8.93.